The Kier molecular flexibility index (Phi) is 4.96. The minimum Gasteiger partial charge on any atom is -0.345 e. The summed E-state index contributed by atoms with van der Waals surface area (Å²) >= 11 is 0. The Morgan fingerprint density at radius 3 is 2.43 bits per heavy atom. The van der Waals surface area contributed by atoms with Crippen molar-refractivity contribution in [3.63, 3.8) is 0 Å². The van der Waals surface area contributed by atoms with Gasteiger partial charge in [0.15, 0.2) is 0 Å². The second kappa shape index (κ2) is 6.59. The number of carbonyl (C=O) groups excluding carboxylic acids is 2. The monoisotopic (exact) mass is 332 g/mol. The fraction of sp³-hybridized carbons (Fsp3) is 0.643. The lowest BCUT2D eigenvalue weighted by atomic mass is 9.86. The van der Waals surface area contributed by atoms with Crippen LogP contribution in [0.4, 0.5) is 13.2 Å². The SMILES string of the molecule is CCC(=O)N1CCC(C(=O)NCC(F)(F)F)(n2cccn2)CC1. The lowest BCUT2D eigenvalue weighted by molar-refractivity contribution is -0.148. The third-order valence-electron chi connectivity index (χ3n) is 4.06. The quantitative estimate of drug-likeness (QED) is 0.903. The van der Waals surface area contributed by atoms with Gasteiger partial charge in [0.05, 0.1) is 0 Å². The molecule has 1 saturated heterocycles. The largest absolute Gasteiger partial charge is 0.405 e. The van der Waals surface area contributed by atoms with Crippen molar-refractivity contribution < 1.29 is 22.8 Å². The second-order valence-corrected chi connectivity index (χ2v) is 5.51. The summed E-state index contributed by atoms with van der Waals surface area (Å²) in [5.41, 5.74) is -1.20. The summed E-state index contributed by atoms with van der Waals surface area (Å²) in [6.07, 6.45) is -0.629. The first-order chi connectivity index (χ1) is 10.8. The van der Waals surface area contributed by atoms with E-state index in [4.69, 9.17) is 0 Å². The van der Waals surface area contributed by atoms with E-state index in [-0.39, 0.29) is 18.7 Å². The highest BCUT2D eigenvalue weighted by Crippen LogP contribution is 2.30. The third-order valence-corrected chi connectivity index (χ3v) is 4.06. The molecule has 1 aliphatic rings. The molecule has 1 fully saturated rings. The summed E-state index contributed by atoms with van der Waals surface area (Å²) in [6.45, 7) is 0.984. The molecule has 2 amide bonds. The van der Waals surface area contributed by atoms with E-state index in [1.54, 1.807) is 24.1 Å². The number of hydrogen-bond acceptors (Lipinski definition) is 3. The second-order valence-electron chi connectivity index (χ2n) is 5.51. The van der Waals surface area contributed by atoms with Crippen molar-refractivity contribution in [3.8, 4) is 0 Å². The minimum atomic E-state index is -4.47. The molecule has 23 heavy (non-hydrogen) atoms. The van der Waals surface area contributed by atoms with Crippen LogP contribution in [0.25, 0.3) is 0 Å². The molecule has 0 aliphatic carbocycles. The van der Waals surface area contributed by atoms with Gasteiger partial charge in [-0.3, -0.25) is 14.3 Å². The fourth-order valence-corrected chi connectivity index (χ4v) is 2.78. The Labute approximate surface area is 131 Å². The van der Waals surface area contributed by atoms with E-state index in [0.29, 0.717) is 19.5 Å². The van der Waals surface area contributed by atoms with E-state index in [1.165, 1.54) is 10.9 Å². The predicted molar refractivity (Wildman–Crippen MR) is 75.4 cm³/mol. The number of piperidine rings is 1. The minimum absolute atomic E-state index is 0.0326. The smallest absolute Gasteiger partial charge is 0.345 e. The Hall–Kier alpha value is -2.06. The number of nitrogens with one attached hydrogen (secondary N) is 1. The summed E-state index contributed by atoms with van der Waals surface area (Å²) in [6, 6.07) is 1.61. The number of hydrogen-bond donors (Lipinski definition) is 1. The number of likely N-dealkylation sites (tertiary alicyclic amines) is 1. The lowest BCUT2D eigenvalue weighted by Crippen LogP contribution is -2.57. The Balaban J connectivity index is 2.16. The Bertz CT molecular complexity index is 549. The highest BCUT2D eigenvalue weighted by atomic mass is 19.4. The van der Waals surface area contributed by atoms with Gasteiger partial charge in [-0.2, -0.15) is 18.3 Å². The molecular formula is C14H19F3N4O2. The lowest BCUT2D eigenvalue weighted by Gasteiger charge is -2.40. The maximum absolute atomic E-state index is 12.4. The molecule has 0 saturated carbocycles. The van der Waals surface area contributed by atoms with Crippen LogP contribution in [0.1, 0.15) is 26.2 Å². The molecule has 0 spiro atoms. The van der Waals surface area contributed by atoms with Gasteiger partial charge in [0.1, 0.15) is 12.1 Å². The summed E-state index contributed by atoms with van der Waals surface area (Å²) in [5.74, 6) is -0.753. The van der Waals surface area contributed by atoms with Crippen LogP contribution >= 0.6 is 0 Å². The normalized spacial score (nSPS) is 17.8. The number of alkyl halides is 3. The first-order valence-corrected chi connectivity index (χ1v) is 7.41. The maximum atomic E-state index is 12.4. The third kappa shape index (κ3) is 3.83. The topological polar surface area (TPSA) is 67.2 Å². The maximum Gasteiger partial charge on any atom is 0.405 e. The molecule has 0 radical (unpaired) electrons. The van der Waals surface area contributed by atoms with Crippen LogP contribution in [0.5, 0.6) is 0 Å². The van der Waals surface area contributed by atoms with Crippen LogP contribution < -0.4 is 5.32 Å². The van der Waals surface area contributed by atoms with Crippen molar-refractivity contribution >= 4 is 11.8 Å². The molecule has 1 aromatic heterocycles. The standard InChI is InChI=1S/C14H19F3N4O2/c1-2-11(22)20-8-4-13(5-9-20,21-7-3-6-19-21)12(23)18-10-14(15,16)17/h3,6-7H,2,4-5,8-10H2,1H3,(H,18,23). The zero-order valence-corrected chi connectivity index (χ0v) is 12.8. The van der Waals surface area contributed by atoms with E-state index in [2.05, 4.69) is 5.10 Å². The summed E-state index contributed by atoms with van der Waals surface area (Å²) in [5, 5.41) is 5.99. The molecule has 1 aliphatic heterocycles. The molecule has 2 rings (SSSR count). The Morgan fingerprint density at radius 2 is 1.96 bits per heavy atom. The van der Waals surface area contributed by atoms with Gasteiger partial charge in [-0.1, -0.05) is 6.92 Å². The van der Waals surface area contributed by atoms with Crippen molar-refractivity contribution in [3.05, 3.63) is 18.5 Å². The number of amides is 2. The number of halogens is 3. The van der Waals surface area contributed by atoms with Crippen molar-refractivity contribution in [2.45, 2.75) is 37.9 Å². The Morgan fingerprint density at radius 1 is 1.30 bits per heavy atom. The van der Waals surface area contributed by atoms with Crippen LogP contribution in [0.2, 0.25) is 0 Å². The van der Waals surface area contributed by atoms with Crippen molar-refractivity contribution in [2.24, 2.45) is 0 Å². The van der Waals surface area contributed by atoms with Crippen LogP contribution in [0, 0.1) is 0 Å². The zero-order chi connectivity index (χ0) is 17.1. The molecule has 1 aromatic rings. The first-order valence-electron chi connectivity index (χ1n) is 7.41. The van der Waals surface area contributed by atoms with Gasteiger partial charge < -0.3 is 10.2 Å². The van der Waals surface area contributed by atoms with Gasteiger partial charge in [-0.15, -0.1) is 0 Å². The number of carbonyl (C=O) groups is 2. The molecule has 0 unspecified atom stereocenters. The number of aromatic nitrogens is 2. The summed E-state index contributed by atoms with van der Waals surface area (Å²) in [7, 11) is 0. The van der Waals surface area contributed by atoms with Crippen LogP contribution in [0.3, 0.4) is 0 Å². The van der Waals surface area contributed by atoms with Gasteiger partial charge in [0.25, 0.3) is 0 Å². The fourth-order valence-electron chi connectivity index (χ4n) is 2.78. The van der Waals surface area contributed by atoms with E-state index in [0.717, 1.165) is 0 Å². The van der Waals surface area contributed by atoms with E-state index < -0.39 is 24.2 Å². The van der Waals surface area contributed by atoms with Gasteiger partial charge in [-0.25, -0.2) is 0 Å². The number of nitrogens with zero attached hydrogens (tertiary/aromatic N) is 3. The summed E-state index contributed by atoms with van der Waals surface area (Å²) < 4.78 is 38.5. The van der Waals surface area contributed by atoms with E-state index >= 15 is 0 Å². The van der Waals surface area contributed by atoms with Crippen LogP contribution in [-0.4, -0.2) is 52.3 Å². The van der Waals surface area contributed by atoms with E-state index in [1.807, 2.05) is 5.32 Å². The first kappa shape index (κ1) is 17.3. The zero-order valence-electron chi connectivity index (χ0n) is 12.8. The van der Waals surface area contributed by atoms with Crippen molar-refractivity contribution in [2.75, 3.05) is 19.6 Å². The van der Waals surface area contributed by atoms with Gasteiger partial charge in [0.2, 0.25) is 11.8 Å². The molecule has 9 heteroatoms. The molecule has 0 bridgehead atoms. The molecule has 128 valence electrons. The van der Waals surface area contributed by atoms with Crippen LogP contribution in [-0.2, 0) is 15.1 Å². The predicted octanol–water partition coefficient (Wildman–Crippen LogP) is 1.29. The average molecular weight is 332 g/mol. The van der Waals surface area contributed by atoms with E-state index in [9.17, 15) is 22.8 Å². The van der Waals surface area contributed by atoms with Gasteiger partial charge in [0, 0.05) is 31.9 Å². The summed E-state index contributed by atoms with van der Waals surface area (Å²) in [4.78, 5) is 25.8. The average Bonchev–Trinajstić information content (AvgIpc) is 3.06. The number of rotatable bonds is 4. The highest BCUT2D eigenvalue weighted by molar-refractivity contribution is 5.85. The molecule has 1 N–H and O–H groups in total. The molecule has 0 atom stereocenters. The van der Waals surface area contributed by atoms with Gasteiger partial charge >= 0.3 is 6.18 Å². The van der Waals surface area contributed by atoms with Crippen molar-refractivity contribution in [1.82, 2.24) is 20.0 Å². The molecule has 0 aromatic carbocycles. The highest BCUT2D eigenvalue weighted by Gasteiger charge is 2.45. The van der Waals surface area contributed by atoms with Crippen molar-refractivity contribution in [1.29, 1.82) is 0 Å². The van der Waals surface area contributed by atoms with Crippen LogP contribution in [0.15, 0.2) is 18.5 Å². The molecule has 2 heterocycles. The van der Waals surface area contributed by atoms with Gasteiger partial charge in [-0.05, 0) is 18.9 Å². The molecule has 6 nitrogen and oxygen atoms in total. The molecular weight excluding hydrogens is 313 g/mol.